The standard InChI is InChI=1S/C27H20ClN3O6/c1-15(32)16-6-10-19(11-7-16)30-24(33)18-4-3-5-20(14-18)29-23-22(28)25(34)31(26(23)35)21-12-8-17(9-13-21)27(36)37-2/h3-14,29H,1-2H3,(H,30,33). The van der Waals surface area contributed by atoms with Crippen molar-refractivity contribution in [2.75, 3.05) is 22.6 Å². The third-order valence-electron chi connectivity index (χ3n) is 5.52. The maximum Gasteiger partial charge on any atom is 0.337 e. The van der Waals surface area contributed by atoms with Gasteiger partial charge in [-0.05, 0) is 73.7 Å². The number of ketones is 1. The van der Waals surface area contributed by atoms with Gasteiger partial charge in [-0.3, -0.25) is 19.2 Å². The second-order valence-electron chi connectivity index (χ2n) is 7.97. The van der Waals surface area contributed by atoms with Gasteiger partial charge in [0, 0.05) is 22.5 Å². The van der Waals surface area contributed by atoms with Crippen LogP contribution in [0.1, 0.15) is 38.0 Å². The van der Waals surface area contributed by atoms with Gasteiger partial charge in [0.15, 0.2) is 5.78 Å². The van der Waals surface area contributed by atoms with Gasteiger partial charge in [0.2, 0.25) is 0 Å². The monoisotopic (exact) mass is 517 g/mol. The lowest BCUT2D eigenvalue weighted by atomic mass is 10.1. The molecule has 9 nitrogen and oxygen atoms in total. The average Bonchev–Trinajstić information content (AvgIpc) is 3.11. The van der Waals surface area contributed by atoms with E-state index in [1.54, 1.807) is 42.5 Å². The van der Waals surface area contributed by atoms with Gasteiger partial charge in [0.05, 0.1) is 18.4 Å². The smallest absolute Gasteiger partial charge is 0.337 e. The summed E-state index contributed by atoms with van der Waals surface area (Å²) in [6.07, 6.45) is 0. The zero-order chi connectivity index (χ0) is 26.7. The second kappa shape index (κ2) is 10.5. The molecule has 10 heteroatoms. The van der Waals surface area contributed by atoms with Crippen molar-refractivity contribution in [1.82, 2.24) is 0 Å². The van der Waals surface area contributed by atoms with Crippen LogP contribution in [-0.4, -0.2) is 36.6 Å². The quantitative estimate of drug-likeness (QED) is 0.271. The number of hydrogen-bond donors (Lipinski definition) is 2. The molecule has 0 fully saturated rings. The Kier molecular flexibility index (Phi) is 7.17. The molecule has 2 N–H and O–H groups in total. The van der Waals surface area contributed by atoms with Crippen molar-refractivity contribution in [3.63, 3.8) is 0 Å². The summed E-state index contributed by atoms with van der Waals surface area (Å²) < 4.78 is 4.65. The number of carbonyl (C=O) groups is 5. The van der Waals surface area contributed by atoms with Gasteiger partial charge < -0.3 is 15.4 Å². The third-order valence-corrected chi connectivity index (χ3v) is 5.87. The van der Waals surface area contributed by atoms with Crippen LogP contribution >= 0.6 is 11.6 Å². The number of nitrogens with one attached hydrogen (secondary N) is 2. The van der Waals surface area contributed by atoms with Crippen molar-refractivity contribution in [1.29, 1.82) is 0 Å². The number of esters is 1. The Morgan fingerprint density at radius 3 is 2.08 bits per heavy atom. The highest BCUT2D eigenvalue weighted by molar-refractivity contribution is 6.53. The van der Waals surface area contributed by atoms with Gasteiger partial charge in [-0.15, -0.1) is 0 Å². The molecule has 1 aliphatic heterocycles. The van der Waals surface area contributed by atoms with Crippen molar-refractivity contribution in [2.24, 2.45) is 0 Å². The van der Waals surface area contributed by atoms with Crippen LogP contribution in [-0.2, 0) is 14.3 Å². The molecule has 3 amide bonds. The van der Waals surface area contributed by atoms with Gasteiger partial charge in [-0.2, -0.15) is 0 Å². The maximum absolute atomic E-state index is 13.0. The Bertz CT molecular complexity index is 1460. The summed E-state index contributed by atoms with van der Waals surface area (Å²) in [4.78, 5) is 62.5. The Morgan fingerprint density at radius 1 is 0.811 bits per heavy atom. The molecule has 0 saturated carbocycles. The molecule has 0 saturated heterocycles. The molecule has 3 aromatic carbocycles. The van der Waals surface area contributed by atoms with Crippen LogP contribution in [0.25, 0.3) is 0 Å². The second-order valence-corrected chi connectivity index (χ2v) is 8.34. The van der Waals surface area contributed by atoms with E-state index in [4.69, 9.17) is 11.6 Å². The number of Topliss-reactive ketones (excluding diaryl/α,β-unsaturated/α-hetero) is 1. The molecule has 0 unspecified atom stereocenters. The summed E-state index contributed by atoms with van der Waals surface area (Å²) >= 11 is 6.19. The van der Waals surface area contributed by atoms with Crippen molar-refractivity contribution in [3.05, 3.63) is 100 Å². The SMILES string of the molecule is COC(=O)c1ccc(N2C(=O)C(Cl)=C(Nc3cccc(C(=O)Nc4ccc(C(C)=O)cc4)c3)C2=O)cc1. The largest absolute Gasteiger partial charge is 0.465 e. The van der Waals surface area contributed by atoms with Crippen LogP contribution < -0.4 is 15.5 Å². The van der Waals surface area contributed by atoms with Crippen molar-refractivity contribution in [3.8, 4) is 0 Å². The number of anilines is 3. The fourth-order valence-electron chi connectivity index (χ4n) is 3.58. The normalized spacial score (nSPS) is 13.0. The molecule has 0 spiro atoms. The van der Waals surface area contributed by atoms with Gasteiger partial charge in [0.25, 0.3) is 17.7 Å². The number of methoxy groups -OCH3 is 1. The minimum atomic E-state index is -0.733. The molecule has 0 aliphatic carbocycles. The molecular formula is C27H20ClN3O6. The van der Waals surface area contributed by atoms with E-state index in [2.05, 4.69) is 15.4 Å². The van der Waals surface area contributed by atoms with Crippen LogP contribution in [0.5, 0.6) is 0 Å². The summed E-state index contributed by atoms with van der Waals surface area (Å²) in [5, 5.41) is 5.25. The number of nitrogens with zero attached hydrogens (tertiary/aromatic N) is 1. The van der Waals surface area contributed by atoms with Crippen LogP contribution in [0.3, 0.4) is 0 Å². The number of benzene rings is 3. The fraction of sp³-hybridized carbons (Fsp3) is 0.0741. The average molecular weight is 518 g/mol. The van der Waals surface area contributed by atoms with E-state index in [-0.39, 0.29) is 33.3 Å². The predicted octanol–water partition coefficient (Wildman–Crippen LogP) is 4.36. The molecule has 3 aromatic rings. The van der Waals surface area contributed by atoms with Gasteiger partial charge in [-0.1, -0.05) is 17.7 Å². The zero-order valence-corrected chi connectivity index (χ0v) is 20.5. The number of carbonyl (C=O) groups excluding carboxylic acids is 5. The fourth-order valence-corrected chi connectivity index (χ4v) is 3.80. The van der Waals surface area contributed by atoms with E-state index < -0.39 is 23.7 Å². The van der Waals surface area contributed by atoms with E-state index in [0.717, 1.165) is 4.90 Å². The highest BCUT2D eigenvalue weighted by Gasteiger charge is 2.39. The van der Waals surface area contributed by atoms with Crippen molar-refractivity contribution < 1.29 is 28.7 Å². The first-order valence-corrected chi connectivity index (χ1v) is 11.3. The Labute approximate surface area is 216 Å². The summed E-state index contributed by atoms with van der Waals surface area (Å²) in [6.45, 7) is 1.45. The number of imide groups is 1. The first-order chi connectivity index (χ1) is 17.7. The highest BCUT2D eigenvalue weighted by Crippen LogP contribution is 2.30. The molecule has 0 bridgehead atoms. The highest BCUT2D eigenvalue weighted by atomic mass is 35.5. The number of amides is 3. The van der Waals surface area contributed by atoms with Crippen molar-refractivity contribution >= 4 is 58.1 Å². The molecule has 1 aliphatic rings. The van der Waals surface area contributed by atoms with E-state index in [1.807, 2.05) is 0 Å². The van der Waals surface area contributed by atoms with E-state index in [1.165, 1.54) is 44.4 Å². The zero-order valence-electron chi connectivity index (χ0n) is 19.7. The Balaban J connectivity index is 1.49. The molecule has 37 heavy (non-hydrogen) atoms. The number of hydrogen-bond acceptors (Lipinski definition) is 7. The van der Waals surface area contributed by atoms with E-state index in [0.29, 0.717) is 16.9 Å². The molecule has 4 rings (SSSR count). The summed E-state index contributed by atoms with van der Waals surface area (Å²) in [5.41, 5.74) is 2.00. The summed E-state index contributed by atoms with van der Waals surface area (Å²) in [5.74, 6) is -2.48. The Hall–Kier alpha value is -4.76. The number of halogens is 1. The molecule has 0 radical (unpaired) electrons. The number of ether oxygens (including phenoxy) is 1. The van der Waals surface area contributed by atoms with E-state index in [9.17, 15) is 24.0 Å². The lowest BCUT2D eigenvalue weighted by molar-refractivity contribution is -0.120. The van der Waals surface area contributed by atoms with Gasteiger partial charge >= 0.3 is 5.97 Å². The van der Waals surface area contributed by atoms with Gasteiger partial charge in [-0.25, -0.2) is 9.69 Å². The first kappa shape index (κ1) is 25.3. The molecule has 1 heterocycles. The van der Waals surface area contributed by atoms with Gasteiger partial charge in [0.1, 0.15) is 10.7 Å². The maximum atomic E-state index is 13.0. The van der Waals surface area contributed by atoms with Crippen LogP contribution in [0, 0.1) is 0 Å². The molecular weight excluding hydrogens is 498 g/mol. The lowest BCUT2D eigenvalue weighted by Crippen LogP contribution is -2.32. The van der Waals surface area contributed by atoms with E-state index >= 15 is 0 Å². The molecule has 0 atom stereocenters. The van der Waals surface area contributed by atoms with Crippen molar-refractivity contribution in [2.45, 2.75) is 6.92 Å². The first-order valence-electron chi connectivity index (χ1n) is 11.0. The lowest BCUT2D eigenvalue weighted by Gasteiger charge is -2.15. The van der Waals surface area contributed by atoms with Crippen LogP contribution in [0.2, 0.25) is 0 Å². The van der Waals surface area contributed by atoms with Crippen LogP contribution in [0.15, 0.2) is 83.5 Å². The minimum Gasteiger partial charge on any atom is -0.465 e. The predicted molar refractivity (Wildman–Crippen MR) is 138 cm³/mol. The molecule has 186 valence electrons. The summed E-state index contributed by atoms with van der Waals surface area (Å²) in [6, 6.07) is 18.5. The Morgan fingerprint density at radius 2 is 1.46 bits per heavy atom. The molecule has 0 aromatic heterocycles. The summed E-state index contributed by atoms with van der Waals surface area (Å²) in [7, 11) is 1.25. The third kappa shape index (κ3) is 5.26. The number of rotatable bonds is 7. The minimum absolute atomic E-state index is 0.0821. The topological polar surface area (TPSA) is 122 Å². The van der Waals surface area contributed by atoms with Crippen LogP contribution in [0.4, 0.5) is 17.1 Å².